The summed E-state index contributed by atoms with van der Waals surface area (Å²) in [5.41, 5.74) is 4.67. The second kappa shape index (κ2) is 9.12. The second-order valence-corrected chi connectivity index (χ2v) is 8.66. The summed E-state index contributed by atoms with van der Waals surface area (Å²) in [5, 5.41) is 10.4. The molecule has 2 heteroatoms. The fourth-order valence-electron chi connectivity index (χ4n) is 5.22. The van der Waals surface area contributed by atoms with Crippen LogP contribution in [0.3, 0.4) is 0 Å². The van der Waals surface area contributed by atoms with Crippen molar-refractivity contribution in [1.82, 2.24) is 4.90 Å². The molecule has 1 heterocycles. The molecule has 2 nitrogen and oxygen atoms in total. The Morgan fingerprint density at radius 1 is 0.656 bits per heavy atom. The molecule has 160 valence electrons. The van der Waals surface area contributed by atoms with Gasteiger partial charge in [-0.2, -0.15) is 0 Å². The Morgan fingerprint density at radius 2 is 1.06 bits per heavy atom. The Hall–Kier alpha value is -3.20. The average molecular weight is 420 g/mol. The predicted molar refractivity (Wildman–Crippen MR) is 130 cm³/mol. The number of aliphatic hydroxyl groups is 1. The molecule has 1 aliphatic heterocycles. The van der Waals surface area contributed by atoms with Crippen LogP contribution in [-0.4, -0.2) is 29.2 Å². The molecule has 1 N–H and O–H groups in total. The highest BCUT2D eigenvalue weighted by atomic mass is 16.3. The molecule has 4 aromatic carbocycles. The average Bonchev–Trinajstić information content (AvgIpc) is 3.67. The highest BCUT2D eigenvalue weighted by molar-refractivity contribution is 5.51. The van der Waals surface area contributed by atoms with Crippen molar-refractivity contribution in [2.45, 2.75) is 18.0 Å². The van der Waals surface area contributed by atoms with E-state index in [1.165, 1.54) is 22.3 Å². The lowest BCUT2D eigenvalue weighted by atomic mass is 9.76. The zero-order valence-corrected chi connectivity index (χ0v) is 18.2. The third kappa shape index (κ3) is 3.77. The molecule has 1 unspecified atom stereocenters. The maximum absolute atomic E-state index is 10.4. The van der Waals surface area contributed by atoms with Crippen molar-refractivity contribution in [2.24, 2.45) is 5.92 Å². The van der Waals surface area contributed by atoms with Crippen LogP contribution in [0.25, 0.3) is 0 Å². The first-order chi connectivity index (χ1) is 15.8. The van der Waals surface area contributed by atoms with Crippen LogP contribution < -0.4 is 0 Å². The molecule has 0 radical (unpaired) electrons. The van der Waals surface area contributed by atoms with Gasteiger partial charge in [-0.05, 0) is 28.7 Å². The number of aliphatic hydroxyl groups excluding tert-OH is 1. The van der Waals surface area contributed by atoms with Crippen molar-refractivity contribution in [3.8, 4) is 0 Å². The minimum atomic E-state index is -0.390. The van der Waals surface area contributed by atoms with E-state index in [0.717, 1.165) is 13.0 Å². The SMILES string of the molecule is OC[C@H](Cc1ccccc1)[C@@H]1CN1C(c1ccccc1)(c1ccccc1)c1ccccc1. The van der Waals surface area contributed by atoms with Crippen LogP contribution in [-0.2, 0) is 12.0 Å². The van der Waals surface area contributed by atoms with Gasteiger partial charge >= 0.3 is 0 Å². The summed E-state index contributed by atoms with van der Waals surface area (Å²) in [5.74, 6) is 0.188. The first-order valence-corrected chi connectivity index (χ1v) is 11.4. The molecular formula is C30H29NO. The maximum Gasteiger partial charge on any atom is 0.0976 e. The van der Waals surface area contributed by atoms with Gasteiger partial charge in [-0.15, -0.1) is 0 Å². The van der Waals surface area contributed by atoms with Crippen LogP contribution >= 0.6 is 0 Å². The van der Waals surface area contributed by atoms with E-state index in [0.29, 0.717) is 6.04 Å². The zero-order chi connectivity index (χ0) is 21.8. The van der Waals surface area contributed by atoms with Crippen LogP contribution in [0.1, 0.15) is 22.3 Å². The van der Waals surface area contributed by atoms with Crippen LogP contribution in [0.15, 0.2) is 121 Å². The Balaban J connectivity index is 1.61. The number of benzene rings is 4. The van der Waals surface area contributed by atoms with Gasteiger partial charge in [-0.3, -0.25) is 4.90 Å². The molecule has 0 saturated carbocycles. The monoisotopic (exact) mass is 419 g/mol. The van der Waals surface area contributed by atoms with Gasteiger partial charge < -0.3 is 5.11 Å². The van der Waals surface area contributed by atoms with Gasteiger partial charge in [0, 0.05) is 25.1 Å². The van der Waals surface area contributed by atoms with Crippen LogP contribution in [0, 0.1) is 5.92 Å². The third-order valence-corrected chi connectivity index (χ3v) is 6.78. The summed E-state index contributed by atoms with van der Waals surface area (Å²) in [4.78, 5) is 2.58. The van der Waals surface area contributed by atoms with Crippen molar-refractivity contribution in [2.75, 3.05) is 13.2 Å². The fraction of sp³-hybridized carbons (Fsp3) is 0.200. The Bertz CT molecular complexity index is 1020. The molecule has 1 saturated heterocycles. The predicted octanol–water partition coefficient (Wildman–Crippen LogP) is 5.51. The van der Waals surface area contributed by atoms with Gasteiger partial charge in [0.2, 0.25) is 0 Å². The lowest BCUT2D eigenvalue weighted by Gasteiger charge is -2.39. The van der Waals surface area contributed by atoms with E-state index < -0.39 is 5.54 Å². The number of hydrogen-bond acceptors (Lipinski definition) is 2. The quantitative estimate of drug-likeness (QED) is 0.300. The van der Waals surface area contributed by atoms with Crippen LogP contribution in [0.4, 0.5) is 0 Å². The first kappa shape index (κ1) is 20.7. The summed E-state index contributed by atoms with van der Waals surface area (Å²) in [7, 11) is 0. The molecule has 0 aliphatic carbocycles. The fourth-order valence-corrected chi connectivity index (χ4v) is 5.22. The van der Waals surface area contributed by atoms with Gasteiger partial charge in [0.1, 0.15) is 0 Å². The number of nitrogens with zero attached hydrogens (tertiary/aromatic N) is 1. The van der Waals surface area contributed by atoms with Crippen molar-refractivity contribution < 1.29 is 5.11 Å². The van der Waals surface area contributed by atoms with E-state index in [4.69, 9.17) is 0 Å². The lowest BCUT2D eigenvalue weighted by molar-refractivity contribution is 0.193. The van der Waals surface area contributed by atoms with Crippen LogP contribution in [0.2, 0.25) is 0 Å². The van der Waals surface area contributed by atoms with E-state index in [1.54, 1.807) is 0 Å². The summed E-state index contributed by atoms with van der Waals surface area (Å²) < 4.78 is 0. The summed E-state index contributed by atoms with van der Waals surface area (Å²) in [6.07, 6.45) is 0.882. The van der Waals surface area contributed by atoms with Crippen molar-refractivity contribution in [3.05, 3.63) is 144 Å². The molecule has 3 atom stereocenters. The Labute approximate surface area is 190 Å². The minimum absolute atomic E-state index is 0.185. The van der Waals surface area contributed by atoms with Crippen LogP contribution in [0.5, 0.6) is 0 Å². The highest BCUT2D eigenvalue weighted by Crippen LogP contribution is 2.50. The normalized spacial score (nSPS) is 18.8. The lowest BCUT2D eigenvalue weighted by Crippen LogP contribution is -2.40. The van der Waals surface area contributed by atoms with E-state index in [2.05, 4.69) is 120 Å². The molecule has 1 aliphatic rings. The molecule has 0 amide bonds. The summed E-state index contributed by atoms with van der Waals surface area (Å²) in [6.45, 7) is 1.14. The second-order valence-electron chi connectivity index (χ2n) is 8.66. The van der Waals surface area contributed by atoms with Gasteiger partial charge in [-0.25, -0.2) is 0 Å². The Morgan fingerprint density at radius 3 is 1.47 bits per heavy atom. The van der Waals surface area contributed by atoms with Gasteiger partial charge in [0.25, 0.3) is 0 Å². The van der Waals surface area contributed by atoms with E-state index in [9.17, 15) is 5.11 Å². The van der Waals surface area contributed by atoms with Crippen molar-refractivity contribution in [3.63, 3.8) is 0 Å². The zero-order valence-electron chi connectivity index (χ0n) is 18.2. The topological polar surface area (TPSA) is 23.2 Å². The van der Waals surface area contributed by atoms with Gasteiger partial charge in [-0.1, -0.05) is 121 Å². The largest absolute Gasteiger partial charge is 0.396 e. The summed E-state index contributed by atoms with van der Waals surface area (Å²) >= 11 is 0. The molecule has 0 spiro atoms. The molecule has 32 heavy (non-hydrogen) atoms. The summed E-state index contributed by atoms with van der Waals surface area (Å²) in [6, 6.07) is 43.3. The Kier molecular flexibility index (Phi) is 5.89. The third-order valence-electron chi connectivity index (χ3n) is 6.78. The maximum atomic E-state index is 10.4. The molecule has 0 bridgehead atoms. The van der Waals surface area contributed by atoms with Crippen molar-refractivity contribution in [1.29, 1.82) is 0 Å². The first-order valence-electron chi connectivity index (χ1n) is 11.4. The minimum Gasteiger partial charge on any atom is -0.396 e. The number of rotatable bonds is 8. The molecule has 5 rings (SSSR count). The van der Waals surface area contributed by atoms with E-state index in [-0.39, 0.29) is 12.5 Å². The van der Waals surface area contributed by atoms with Gasteiger partial charge in [0.15, 0.2) is 0 Å². The van der Waals surface area contributed by atoms with E-state index >= 15 is 0 Å². The molecule has 1 fully saturated rings. The van der Waals surface area contributed by atoms with Gasteiger partial charge in [0.05, 0.1) is 5.54 Å². The smallest absolute Gasteiger partial charge is 0.0976 e. The highest BCUT2D eigenvalue weighted by Gasteiger charge is 2.55. The van der Waals surface area contributed by atoms with Crippen molar-refractivity contribution >= 4 is 0 Å². The molecular weight excluding hydrogens is 390 g/mol. The standard InChI is InChI=1S/C30H29NO/c32-23-25(21-24-13-5-1-6-14-24)29-22-31(29)30(26-15-7-2-8-16-26,27-17-9-3-10-18-27)28-19-11-4-12-20-28/h1-20,25,29,32H,21-23H2/t25-,29-,31?/m0/s1. The number of hydrogen-bond donors (Lipinski definition) is 1. The molecule has 0 aromatic heterocycles. The van der Waals surface area contributed by atoms with E-state index in [1.807, 2.05) is 6.07 Å². The molecule has 4 aromatic rings.